The highest BCUT2D eigenvalue weighted by molar-refractivity contribution is 5.79. The van der Waals surface area contributed by atoms with Crippen molar-refractivity contribution in [1.29, 1.82) is 0 Å². The topological polar surface area (TPSA) is 78.7 Å². The summed E-state index contributed by atoms with van der Waals surface area (Å²) in [7, 11) is 0. The zero-order valence-corrected chi connectivity index (χ0v) is 19.7. The van der Waals surface area contributed by atoms with Crippen molar-refractivity contribution in [2.45, 2.75) is 31.7 Å². The lowest BCUT2D eigenvalue weighted by atomic mass is 9.97. The molecule has 1 aliphatic heterocycles. The first-order valence-electron chi connectivity index (χ1n) is 11.3. The molecular weight excluding hydrogens is 509 g/mol. The average Bonchev–Trinajstić information content (AvgIpc) is 2.82. The van der Waals surface area contributed by atoms with Crippen LogP contribution in [0.25, 0.3) is 0 Å². The van der Waals surface area contributed by atoms with E-state index in [1.165, 1.54) is 28.0 Å². The number of alkyl halides is 6. The van der Waals surface area contributed by atoms with Gasteiger partial charge in [0.1, 0.15) is 5.82 Å². The van der Waals surface area contributed by atoms with Crippen molar-refractivity contribution in [2.24, 2.45) is 5.73 Å². The van der Waals surface area contributed by atoms with Crippen molar-refractivity contribution < 1.29 is 40.3 Å². The third-order valence-electron chi connectivity index (χ3n) is 6.10. The number of benzene rings is 2. The van der Waals surface area contributed by atoms with Gasteiger partial charge < -0.3 is 20.9 Å². The average molecular weight is 534 g/mol. The van der Waals surface area contributed by atoms with Gasteiger partial charge in [-0.25, -0.2) is 9.18 Å². The zero-order valence-electron chi connectivity index (χ0n) is 19.7. The number of carbonyl (C=O) groups excluding carboxylic acids is 2. The molecule has 0 spiro atoms. The van der Waals surface area contributed by atoms with Gasteiger partial charge in [-0.2, -0.15) is 26.3 Å². The van der Waals surface area contributed by atoms with E-state index in [1.807, 2.05) is 0 Å². The van der Waals surface area contributed by atoms with Crippen molar-refractivity contribution in [3.8, 4) is 0 Å². The summed E-state index contributed by atoms with van der Waals surface area (Å²) >= 11 is 0. The summed E-state index contributed by atoms with van der Waals surface area (Å²) < 4.78 is 92.3. The standard InChI is InChI=1S/C24H25F7N4O2/c1-14-8-18(25)2-3-19(14)20-13-34(21(36)12-32)6-7-35(20)22(37)33-5-4-15-9-16(23(26,27)28)11-17(10-15)24(29,30)31/h2-3,8-11,20H,4-7,12-13,32H2,1H3,(H,33,37)/t20-/m1/s1. The third-order valence-corrected chi connectivity index (χ3v) is 6.10. The predicted molar refractivity (Wildman–Crippen MR) is 120 cm³/mol. The molecule has 3 amide bonds. The van der Waals surface area contributed by atoms with Crippen molar-refractivity contribution in [3.05, 3.63) is 70.0 Å². The van der Waals surface area contributed by atoms with Gasteiger partial charge in [-0.15, -0.1) is 0 Å². The Kier molecular flexibility index (Phi) is 8.35. The first-order chi connectivity index (χ1) is 17.2. The largest absolute Gasteiger partial charge is 0.416 e. The Morgan fingerprint density at radius 1 is 1.00 bits per heavy atom. The van der Waals surface area contributed by atoms with Gasteiger partial charge in [-0.05, 0) is 60.4 Å². The number of halogens is 7. The Morgan fingerprint density at radius 2 is 1.62 bits per heavy atom. The number of aryl methyl sites for hydroxylation is 1. The lowest BCUT2D eigenvalue weighted by Gasteiger charge is -2.42. The van der Waals surface area contributed by atoms with Crippen molar-refractivity contribution in [2.75, 3.05) is 32.7 Å². The van der Waals surface area contributed by atoms with Crippen LogP contribution in [0.3, 0.4) is 0 Å². The molecule has 1 atom stereocenters. The Hall–Kier alpha value is -3.35. The van der Waals surface area contributed by atoms with Crippen LogP contribution in [0.1, 0.15) is 33.9 Å². The van der Waals surface area contributed by atoms with E-state index < -0.39 is 41.4 Å². The van der Waals surface area contributed by atoms with Gasteiger partial charge >= 0.3 is 18.4 Å². The Labute approximate surface area is 208 Å². The van der Waals surface area contributed by atoms with E-state index in [9.17, 15) is 40.3 Å². The number of hydrogen-bond donors (Lipinski definition) is 2. The Bertz CT molecular complexity index is 1120. The summed E-state index contributed by atoms with van der Waals surface area (Å²) in [4.78, 5) is 28.0. The number of nitrogens with two attached hydrogens (primary N) is 1. The van der Waals surface area contributed by atoms with Gasteiger partial charge in [0.25, 0.3) is 0 Å². The minimum atomic E-state index is -4.97. The maximum absolute atomic E-state index is 13.6. The molecule has 0 saturated carbocycles. The molecule has 0 aliphatic carbocycles. The van der Waals surface area contributed by atoms with Crippen LogP contribution in [0.15, 0.2) is 36.4 Å². The van der Waals surface area contributed by atoms with Gasteiger partial charge in [0.15, 0.2) is 0 Å². The molecule has 0 aromatic heterocycles. The van der Waals surface area contributed by atoms with Crippen LogP contribution < -0.4 is 11.1 Å². The minimum absolute atomic E-state index is 0.0415. The van der Waals surface area contributed by atoms with Crippen LogP contribution in [0, 0.1) is 12.7 Å². The summed E-state index contributed by atoms with van der Waals surface area (Å²) in [6.07, 6.45) is -10.2. The molecule has 202 valence electrons. The van der Waals surface area contributed by atoms with Crippen LogP contribution in [-0.2, 0) is 23.6 Å². The van der Waals surface area contributed by atoms with E-state index in [2.05, 4.69) is 5.32 Å². The van der Waals surface area contributed by atoms with Crippen molar-refractivity contribution >= 4 is 11.9 Å². The fourth-order valence-corrected chi connectivity index (χ4v) is 4.24. The number of nitrogens with zero attached hydrogens (tertiary/aromatic N) is 2. The van der Waals surface area contributed by atoms with Crippen LogP contribution in [0.2, 0.25) is 0 Å². The fourth-order valence-electron chi connectivity index (χ4n) is 4.24. The smallest absolute Gasteiger partial charge is 0.338 e. The quantitative estimate of drug-likeness (QED) is 0.563. The molecular formula is C24H25F7N4O2. The third kappa shape index (κ3) is 6.90. The number of rotatable bonds is 5. The summed E-state index contributed by atoms with van der Waals surface area (Å²) in [6, 6.07) is 3.96. The Morgan fingerprint density at radius 3 is 2.16 bits per heavy atom. The molecule has 2 aromatic rings. The predicted octanol–water partition coefficient (Wildman–Crippen LogP) is 4.27. The lowest BCUT2D eigenvalue weighted by molar-refractivity contribution is -0.143. The first-order valence-corrected chi connectivity index (χ1v) is 11.3. The van der Waals surface area contributed by atoms with Crippen LogP contribution in [-0.4, -0.2) is 54.5 Å². The number of urea groups is 1. The van der Waals surface area contributed by atoms with E-state index >= 15 is 0 Å². The van der Waals surface area contributed by atoms with Crippen LogP contribution in [0.5, 0.6) is 0 Å². The molecule has 1 aliphatic rings. The van der Waals surface area contributed by atoms with E-state index in [1.54, 1.807) is 6.92 Å². The van der Waals surface area contributed by atoms with E-state index in [0.717, 1.165) is 0 Å². The van der Waals surface area contributed by atoms with Gasteiger partial charge in [0, 0.05) is 26.2 Å². The molecule has 1 fully saturated rings. The fraction of sp³-hybridized carbons (Fsp3) is 0.417. The molecule has 1 heterocycles. The van der Waals surface area contributed by atoms with Crippen molar-refractivity contribution in [1.82, 2.24) is 15.1 Å². The SMILES string of the molecule is Cc1cc(F)ccc1[C@H]1CN(C(=O)CN)CCN1C(=O)NCCc1cc(C(F)(F)F)cc(C(F)(F)F)c1. The summed E-state index contributed by atoms with van der Waals surface area (Å²) in [5, 5.41) is 2.53. The van der Waals surface area contributed by atoms with Gasteiger partial charge in [0.2, 0.25) is 5.91 Å². The molecule has 0 unspecified atom stereocenters. The van der Waals surface area contributed by atoms with Crippen molar-refractivity contribution in [3.63, 3.8) is 0 Å². The van der Waals surface area contributed by atoms with Crippen LogP contribution in [0.4, 0.5) is 35.5 Å². The molecule has 6 nitrogen and oxygen atoms in total. The molecule has 37 heavy (non-hydrogen) atoms. The lowest BCUT2D eigenvalue weighted by Crippen LogP contribution is -2.55. The van der Waals surface area contributed by atoms with E-state index in [0.29, 0.717) is 23.3 Å². The minimum Gasteiger partial charge on any atom is -0.338 e. The van der Waals surface area contributed by atoms with Gasteiger partial charge in [0.05, 0.1) is 23.7 Å². The summed E-state index contributed by atoms with van der Waals surface area (Å²) in [5.41, 5.74) is 3.46. The molecule has 3 rings (SSSR count). The van der Waals surface area contributed by atoms with Gasteiger partial charge in [-0.3, -0.25) is 4.79 Å². The molecule has 0 bridgehead atoms. The molecule has 13 heteroatoms. The maximum atomic E-state index is 13.6. The summed E-state index contributed by atoms with van der Waals surface area (Å²) in [5.74, 6) is -0.822. The van der Waals surface area contributed by atoms with Crippen LogP contribution >= 0.6 is 0 Å². The normalized spacial score (nSPS) is 16.6. The number of nitrogens with one attached hydrogen (secondary N) is 1. The highest BCUT2D eigenvalue weighted by Gasteiger charge is 2.37. The number of hydrogen-bond acceptors (Lipinski definition) is 3. The highest BCUT2D eigenvalue weighted by Crippen LogP contribution is 2.36. The Balaban J connectivity index is 1.77. The maximum Gasteiger partial charge on any atom is 0.416 e. The van der Waals surface area contributed by atoms with Gasteiger partial charge in [-0.1, -0.05) is 6.07 Å². The molecule has 2 aromatic carbocycles. The zero-order chi connectivity index (χ0) is 27.5. The second kappa shape index (κ2) is 11.0. The van der Waals surface area contributed by atoms with E-state index in [4.69, 9.17) is 5.73 Å². The summed E-state index contributed by atoms with van der Waals surface area (Å²) in [6.45, 7) is 1.50. The first kappa shape index (κ1) is 28.2. The number of amides is 3. The van der Waals surface area contributed by atoms with E-state index in [-0.39, 0.29) is 56.7 Å². The second-order valence-corrected chi connectivity index (χ2v) is 8.65. The highest BCUT2D eigenvalue weighted by atomic mass is 19.4. The monoisotopic (exact) mass is 534 g/mol. The second-order valence-electron chi connectivity index (χ2n) is 8.65. The number of carbonyl (C=O) groups is 2. The molecule has 1 saturated heterocycles. The molecule has 3 N–H and O–H groups in total. The molecule has 0 radical (unpaired) electrons. The number of piperazine rings is 1.